The molecule has 3 aromatic rings. The summed E-state index contributed by atoms with van der Waals surface area (Å²) in [6.07, 6.45) is 3.08. The van der Waals surface area contributed by atoms with E-state index in [0.717, 1.165) is 11.1 Å². The van der Waals surface area contributed by atoms with Crippen molar-refractivity contribution in [2.75, 3.05) is 5.32 Å². The van der Waals surface area contributed by atoms with Gasteiger partial charge in [-0.15, -0.1) is 0 Å². The van der Waals surface area contributed by atoms with Crippen LogP contribution in [-0.4, -0.2) is 16.7 Å². The first kappa shape index (κ1) is 22.0. The molecule has 1 N–H and O–H groups in total. The van der Waals surface area contributed by atoms with Crippen molar-refractivity contribution in [3.63, 3.8) is 0 Å². The van der Waals surface area contributed by atoms with Gasteiger partial charge in [0.05, 0.1) is 6.04 Å². The van der Waals surface area contributed by atoms with Gasteiger partial charge in [0.15, 0.2) is 0 Å². The molecule has 31 heavy (non-hydrogen) atoms. The Labute approximate surface area is 182 Å². The number of hydrogen-bond donors (Lipinski definition) is 1. The van der Waals surface area contributed by atoms with E-state index in [2.05, 4.69) is 5.32 Å². The van der Waals surface area contributed by atoms with Crippen molar-refractivity contribution in [3.8, 4) is 0 Å². The van der Waals surface area contributed by atoms with Crippen LogP contribution in [0.3, 0.4) is 0 Å². The Morgan fingerprint density at radius 2 is 1.74 bits per heavy atom. The molecular formula is C26H25FN2O2. The van der Waals surface area contributed by atoms with E-state index >= 15 is 0 Å². The summed E-state index contributed by atoms with van der Waals surface area (Å²) in [5, 5.41) is 2.78. The number of amides is 2. The van der Waals surface area contributed by atoms with Crippen LogP contribution < -0.4 is 5.32 Å². The first-order valence-corrected chi connectivity index (χ1v) is 10.1. The monoisotopic (exact) mass is 416 g/mol. The minimum absolute atomic E-state index is 0.153. The van der Waals surface area contributed by atoms with Crippen molar-refractivity contribution in [1.29, 1.82) is 0 Å². The minimum atomic E-state index is -0.348. The number of carbonyl (C=O) groups excluding carboxylic acids is 2. The standard InChI is InChI=1S/C26H25FN2O2/c1-19(23-11-7-13-25(17-23)28-20(2)30)29(18-22-8-4-3-5-9-22)26(31)15-14-21-10-6-12-24(27)16-21/h3-17,19H,18H2,1-2H3,(H,28,30)/b15-14-/t19-/m0/s1. The Morgan fingerprint density at radius 1 is 1.00 bits per heavy atom. The highest BCUT2D eigenvalue weighted by Gasteiger charge is 2.20. The lowest BCUT2D eigenvalue weighted by Crippen LogP contribution is -2.31. The fourth-order valence-electron chi connectivity index (χ4n) is 3.32. The molecule has 0 radical (unpaired) electrons. The summed E-state index contributed by atoms with van der Waals surface area (Å²) < 4.78 is 13.5. The average Bonchev–Trinajstić information content (AvgIpc) is 2.76. The first-order chi connectivity index (χ1) is 14.9. The molecule has 0 unspecified atom stereocenters. The van der Waals surface area contributed by atoms with Gasteiger partial charge in [0.1, 0.15) is 5.82 Å². The second-order valence-electron chi connectivity index (χ2n) is 7.32. The van der Waals surface area contributed by atoms with Gasteiger partial charge in [-0.1, -0.05) is 54.6 Å². The van der Waals surface area contributed by atoms with E-state index in [1.807, 2.05) is 61.5 Å². The Kier molecular flexibility index (Phi) is 7.33. The molecule has 0 spiro atoms. The van der Waals surface area contributed by atoms with Crippen LogP contribution in [0.1, 0.15) is 36.6 Å². The summed E-state index contributed by atoms with van der Waals surface area (Å²) in [5.74, 6) is -0.690. The molecule has 0 aliphatic heterocycles. The lowest BCUT2D eigenvalue weighted by Gasteiger charge is -2.29. The van der Waals surface area contributed by atoms with Gasteiger partial charge in [-0.2, -0.15) is 0 Å². The molecule has 0 fully saturated rings. The van der Waals surface area contributed by atoms with Gasteiger partial charge in [-0.3, -0.25) is 9.59 Å². The largest absolute Gasteiger partial charge is 0.328 e. The van der Waals surface area contributed by atoms with Crippen LogP contribution in [0.5, 0.6) is 0 Å². The summed E-state index contributed by atoms with van der Waals surface area (Å²) in [7, 11) is 0. The fraction of sp³-hybridized carbons (Fsp3) is 0.154. The predicted molar refractivity (Wildman–Crippen MR) is 122 cm³/mol. The summed E-state index contributed by atoms with van der Waals surface area (Å²) in [6.45, 7) is 3.82. The van der Waals surface area contributed by atoms with Crippen molar-refractivity contribution >= 4 is 23.6 Å². The third-order valence-electron chi connectivity index (χ3n) is 4.90. The van der Waals surface area contributed by atoms with Gasteiger partial charge >= 0.3 is 0 Å². The number of anilines is 1. The van der Waals surface area contributed by atoms with Gasteiger partial charge in [-0.25, -0.2) is 4.39 Å². The average molecular weight is 416 g/mol. The number of nitrogens with zero attached hydrogens (tertiary/aromatic N) is 1. The van der Waals surface area contributed by atoms with Crippen molar-refractivity contribution in [3.05, 3.63) is 107 Å². The first-order valence-electron chi connectivity index (χ1n) is 10.1. The number of hydrogen-bond acceptors (Lipinski definition) is 2. The van der Waals surface area contributed by atoms with Crippen LogP contribution in [-0.2, 0) is 16.1 Å². The van der Waals surface area contributed by atoms with Crippen LogP contribution >= 0.6 is 0 Å². The van der Waals surface area contributed by atoms with E-state index < -0.39 is 0 Å². The number of nitrogens with one attached hydrogen (secondary N) is 1. The van der Waals surface area contributed by atoms with Crippen LogP contribution in [0.2, 0.25) is 0 Å². The zero-order chi connectivity index (χ0) is 22.2. The van der Waals surface area contributed by atoms with E-state index in [-0.39, 0.29) is 23.7 Å². The number of rotatable bonds is 7. The highest BCUT2D eigenvalue weighted by molar-refractivity contribution is 5.92. The second kappa shape index (κ2) is 10.3. The van der Waals surface area contributed by atoms with Crippen LogP contribution in [0, 0.1) is 5.82 Å². The van der Waals surface area contributed by atoms with Gasteiger partial charge in [-0.05, 0) is 54.0 Å². The summed E-state index contributed by atoms with van der Waals surface area (Å²) in [5.41, 5.74) is 3.20. The van der Waals surface area contributed by atoms with E-state index in [0.29, 0.717) is 17.8 Å². The number of halogens is 1. The number of carbonyl (C=O) groups is 2. The van der Waals surface area contributed by atoms with Crippen molar-refractivity contribution < 1.29 is 14.0 Å². The maximum absolute atomic E-state index is 13.5. The Morgan fingerprint density at radius 3 is 2.45 bits per heavy atom. The van der Waals surface area contributed by atoms with Gasteiger partial charge in [0.25, 0.3) is 0 Å². The maximum atomic E-state index is 13.5. The van der Waals surface area contributed by atoms with E-state index in [1.165, 1.54) is 25.1 Å². The third kappa shape index (κ3) is 6.37. The molecule has 0 aliphatic carbocycles. The molecule has 0 heterocycles. The molecule has 1 atom stereocenters. The molecular weight excluding hydrogens is 391 g/mol. The van der Waals surface area contributed by atoms with Crippen LogP contribution in [0.25, 0.3) is 6.08 Å². The molecule has 3 aromatic carbocycles. The van der Waals surface area contributed by atoms with Crippen molar-refractivity contribution in [2.24, 2.45) is 0 Å². The Balaban J connectivity index is 1.88. The highest BCUT2D eigenvalue weighted by atomic mass is 19.1. The topological polar surface area (TPSA) is 49.4 Å². The smallest absolute Gasteiger partial charge is 0.247 e. The fourth-order valence-corrected chi connectivity index (χ4v) is 3.32. The molecule has 0 aromatic heterocycles. The molecule has 0 saturated carbocycles. The molecule has 0 bridgehead atoms. The summed E-state index contributed by atoms with van der Waals surface area (Å²) >= 11 is 0. The van der Waals surface area contributed by atoms with E-state index in [1.54, 1.807) is 23.1 Å². The molecule has 5 heteroatoms. The van der Waals surface area contributed by atoms with Crippen molar-refractivity contribution in [1.82, 2.24) is 4.90 Å². The maximum Gasteiger partial charge on any atom is 0.247 e. The number of benzene rings is 3. The summed E-state index contributed by atoms with van der Waals surface area (Å²) in [4.78, 5) is 26.3. The minimum Gasteiger partial charge on any atom is -0.328 e. The van der Waals surface area contributed by atoms with Gasteiger partial charge < -0.3 is 10.2 Å². The SMILES string of the molecule is CC(=O)Nc1cccc([C@H](C)N(Cc2ccccc2)C(=O)/C=C\c2cccc(F)c2)c1. The van der Waals surface area contributed by atoms with Crippen LogP contribution in [0.4, 0.5) is 10.1 Å². The van der Waals surface area contributed by atoms with Gasteiger partial charge in [0.2, 0.25) is 11.8 Å². The molecule has 4 nitrogen and oxygen atoms in total. The van der Waals surface area contributed by atoms with Crippen LogP contribution in [0.15, 0.2) is 84.9 Å². The predicted octanol–water partition coefficient (Wildman–Crippen LogP) is 5.59. The zero-order valence-electron chi connectivity index (χ0n) is 17.6. The second-order valence-corrected chi connectivity index (χ2v) is 7.32. The Hall–Kier alpha value is -3.73. The molecule has 3 rings (SSSR count). The van der Waals surface area contributed by atoms with Gasteiger partial charge in [0, 0.05) is 25.2 Å². The molecule has 2 amide bonds. The lowest BCUT2D eigenvalue weighted by molar-refractivity contribution is -0.128. The molecule has 0 aliphatic rings. The van der Waals surface area contributed by atoms with E-state index in [4.69, 9.17) is 0 Å². The lowest BCUT2D eigenvalue weighted by atomic mass is 10.0. The summed E-state index contributed by atoms with van der Waals surface area (Å²) in [6, 6.07) is 23.0. The third-order valence-corrected chi connectivity index (χ3v) is 4.90. The van der Waals surface area contributed by atoms with Crippen molar-refractivity contribution in [2.45, 2.75) is 26.4 Å². The normalized spacial score (nSPS) is 11.8. The van der Waals surface area contributed by atoms with E-state index in [9.17, 15) is 14.0 Å². The molecule has 0 saturated heterocycles. The Bertz CT molecular complexity index is 1080. The zero-order valence-corrected chi connectivity index (χ0v) is 17.6. The quantitative estimate of drug-likeness (QED) is 0.511. The molecule has 158 valence electrons. The highest BCUT2D eigenvalue weighted by Crippen LogP contribution is 2.25.